The molecule has 0 radical (unpaired) electrons. The van der Waals surface area contributed by atoms with Gasteiger partial charge in [-0.15, -0.1) is 0 Å². The van der Waals surface area contributed by atoms with Crippen molar-refractivity contribution in [3.05, 3.63) is 29.3 Å². The van der Waals surface area contributed by atoms with E-state index in [-0.39, 0.29) is 0 Å². The summed E-state index contributed by atoms with van der Waals surface area (Å²) in [6.07, 6.45) is 0.622. The second kappa shape index (κ2) is 3.54. The van der Waals surface area contributed by atoms with Gasteiger partial charge in [-0.1, -0.05) is 6.07 Å². The van der Waals surface area contributed by atoms with Gasteiger partial charge in [0.1, 0.15) is 11.8 Å². The lowest BCUT2D eigenvalue weighted by Gasteiger charge is -2.02. The number of hydrogen-bond donors (Lipinski definition) is 0. The summed E-state index contributed by atoms with van der Waals surface area (Å²) < 4.78 is 4.90. The van der Waals surface area contributed by atoms with Crippen LogP contribution in [0.3, 0.4) is 0 Å². The van der Waals surface area contributed by atoms with E-state index in [9.17, 15) is 4.79 Å². The second-order valence-electron chi connectivity index (χ2n) is 2.15. The molecule has 0 bridgehead atoms. The third kappa shape index (κ3) is 1.28. The minimum Gasteiger partial charge on any atom is -0.496 e. The number of benzene rings is 1. The third-order valence-electron chi connectivity index (χ3n) is 1.52. The topological polar surface area (TPSA) is 50.1 Å². The van der Waals surface area contributed by atoms with E-state index in [1.807, 2.05) is 6.07 Å². The largest absolute Gasteiger partial charge is 0.496 e. The lowest BCUT2D eigenvalue weighted by molar-refractivity contribution is 0.112. The third-order valence-corrected chi connectivity index (χ3v) is 1.52. The van der Waals surface area contributed by atoms with E-state index >= 15 is 0 Å². The summed E-state index contributed by atoms with van der Waals surface area (Å²) in [5.74, 6) is 0.434. The van der Waals surface area contributed by atoms with Crippen molar-refractivity contribution in [3.8, 4) is 11.8 Å². The number of aldehydes is 1. The monoisotopic (exact) mass is 161 g/mol. The maximum atomic E-state index is 10.5. The predicted octanol–water partition coefficient (Wildman–Crippen LogP) is 1.38. The van der Waals surface area contributed by atoms with Crippen molar-refractivity contribution >= 4 is 6.29 Å². The Labute approximate surface area is 70.2 Å². The molecule has 0 aliphatic heterocycles. The Bertz CT molecular complexity index is 339. The highest BCUT2D eigenvalue weighted by Crippen LogP contribution is 2.18. The zero-order valence-electron chi connectivity index (χ0n) is 6.57. The minimum absolute atomic E-state index is 0.308. The highest BCUT2D eigenvalue weighted by atomic mass is 16.5. The molecule has 0 fully saturated rings. The zero-order valence-corrected chi connectivity index (χ0v) is 6.57. The highest BCUT2D eigenvalue weighted by Gasteiger charge is 2.05. The quantitative estimate of drug-likeness (QED) is 0.615. The molecular weight excluding hydrogens is 154 g/mol. The van der Waals surface area contributed by atoms with E-state index in [4.69, 9.17) is 10.00 Å². The number of ether oxygens (including phenoxy) is 1. The molecule has 0 N–H and O–H groups in total. The Kier molecular flexibility index (Phi) is 2.44. The molecule has 0 aliphatic rings. The van der Waals surface area contributed by atoms with Crippen molar-refractivity contribution in [3.63, 3.8) is 0 Å². The first-order chi connectivity index (χ1) is 5.83. The minimum atomic E-state index is 0.308. The van der Waals surface area contributed by atoms with Crippen molar-refractivity contribution in [2.75, 3.05) is 7.11 Å². The Balaban J connectivity index is 3.34. The fourth-order valence-electron chi connectivity index (χ4n) is 0.941. The molecule has 1 aromatic carbocycles. The molecule has 1 aromatic rings. The van der Waals surface area contributed by atoms with Crippen LogP contribution >= 0.6 is 0 Å². The van der Waals surface area contributed by atoms with Gasteiger partial charge in [-0.25, -0.2) is 0 Å². The first kappa shape index (κ1) is 8.28. The fourth-order valence-corrected chi connectivity index (χ4v) is 0.941. The SMILES string of the molecule is COc1cccc(C#N)c1C=O. The number of nitriles is 1. The zero-order chi connectivity index (χ0) is 8.97. The molecular formula is C9H7NO2. The van der Waals surface area contributed by atoms with Gasteiger partial charge in [-0.05, 0) is 12.1 Å². The molecule has 0 unspecified atom stereocenters. The lowest BCUT2D eigenvalue weighted by atomic mass is 10.1. The lowest BCUT2D eigenvalue weighted by Crippen LogP contribution is -1.93. The second-order valence-corrected chi connectivity index (χ2v) is 2.15. The van der Waals surface area contributed by atoms with E-state index in [1.165, 1.54) is 7.11 Å². The number of nitrogens with zero attached hydrogens (tertiary/aromatic N) is 1. The predicted molar refractivity (Wildman–Crippen MR) is 43.1 cm³/mol. The molecule has 60 valence electrons. The van der Waals surface area contributed by atoms with Gasteiger partial charge in [0.25, 0.3) is 0 Å². The molecule has 3 nitrogen and oxygen atoms in total. The first-order valence-corrected chi connectivity index (χ1v) is 3.35. The van der Waals surface area contributed by atoms with E-state index in [0.717, 1.165) is 0 Å². The number of methoxy groups -OCH3 is 1. The Morgan fingerprint density at radius 2 is 2.33 bits per heavy atom. The molecule has 0 aliphatic carbocycles. The summed E-state index contributed by atoms with van der Waals surface area (Å²) in [7, 11) is 1.46. The molecule has 3 heteroatoms. The number of carbonyl (C=O) groups is 1. The van der Waals surface area contributed by atoms with Gasteiger partial charge in [-0.2, -0.15) is 5.26 Å². The van der Waals surface area contributed by atoms with Gasteiger partial charge < -0.3 is 4.74 Å². The van der Waals surface area contributed by atoms with Crippen molar-refractivity contribution in [1.29, 1.82) is 5.26 Å². The smallest absolute Gasteiger partial charge is 0.155 e. The Hall–Kier alpha value is -1.82. The van der Waals surface area contributed by atoms with Gasteiger partial charge in [0.05, 0.1) is 18.2 Å². The number of rotatable bonds is 2. The van der Waals surface area contributed by atoms with Gasteiger partial charge in [0, 0.05) is 0 Å². The maximum Gasteiger partial charge on any atom is 0.155 e. The Morgan fingerprint density at radius 1 is 1.58 bits per heavy atom. The summed E-state index contributed by atoms with van der Waals surface area (Å²) in [6.45, 7) is 0. The van der Waals surface area contributed by atoms with E-state index < -0.39 is 0 Å². The van der Waals surface area contributed by atoms with Crippen LogP contribution in [0.4, 0.5) is 0 Å². The molecule has 0 aromatic heterocycles. The molecule has 0 atom stereocenters. The summed E-state index contributed by atoms with van der Waals surface area (Å²) in [6, 6.07) is 6.80. The average Bonchev–Trinajstić information content (AvgIpc) is 2.16. The molecule has 0 spiro atoms. The van der Waals surface area contributed by atoms with Crippen molar-refractivity contribution in [2.24, 2.45) is 0 Å². The number of carbonyl (C=O) groups excluding carboxylic acids is 1. The van der Waals surface area contributed by atoms with Crippen LogP contribution < -0.4 is 4.74 Å². The summed E-state index contributed by atoms with van der Waals surface area (Å²) in [5, 5.41) is 8.61. The van der Waals surface area contributed by atoms with Crippen molar-refractivity contribution < 1.29 is 9.53 Å². The van der Waals surface area contributed by atoms with Crippen LogP contribution in [-0.4, -0.2) is 13.4 Å². The van der Waals surface area contributed by atoms with Crippen LogP contribution in [-0.2, 0) is 0 Å². The van der Waals surface area contributed by atoms with Crippen LogP contribution in [0.15, 0.2) is 18.2 Å². The molecule has 0 heterocycles. The van der Waals surface area contributed by atoms with Crippen LogP contribution in [0.2, 0.25) is 0 Å². The van der Waals surface area contributed by atoms with Gasteiger partial charge >= 0.3 is 0 Å². The average molecular weight is 161 g/mol. The summed E-state index contributed by atoms with van der Waals surface area (Å²) in [5.41, 5.74) is 0.645. The Morgan fingerprint density at radius 3 is 2.83 bits per heavy atom. The molecule has 12 heavy (non-hydrogen) atoms. The molecule has 0 amide bonds. The van der Waals surface area contributed by atoms with Crippen molar-refractivity contribution in [2.45, 2.75) is 0 Å². The van der Waals surface area contributed by atoms with Crippen LogP contribution in [0, 0.1) is 11.3 Å². The molecule has 0 saturated heterocycles. The summed E-state index contributed by atoms with van der Waals surface area (Å²) >= 11 is 0. The normalized spacial score (nSPS) is 8.67. The maximum absolute atomic E-state index is 10.5. The summed E-state index contributed by atoms with van der Waals surface area (Å²) in [4.78, 5) is 10.5. The van der Waals surface area contributed by atoms with Gasteiger partial charge in [0.2, 0.25) is 0 Å². The van der Waals surface area contributed by atoms with Crippen LogP contribution in [0.1, 0.15) is 15.9 Å². The van der Waals surface area contributed by atoms with Crippen molar-refractivity contribution in [1.82, 2.24) is 0 Å². The van der Waals surface area contributed by atoms with Crippen LogP contribution in [0.5, 0.6) is 5.75 Å². The van der Waals surface area contributed by atoms with Gasteiger partial charge in [0.15, 0.2) is 6.29 Å². The highest BCUT2D eigenvalue weighted by molar-refractivity contribution is 5.83. The van der Waals surface area contributed by atoms with E-state index in [2.05, 4.69) is 0 Å². The molecule has 1 rings (SSSR count). The first-order valence-electron chi connectivity index (χ1n) is 3.35. The van der Waals surface area contributed by atoms with E-state index in [0.29, 0.717) is 23.2 Å². The standard InChI is InChI=1S/C9H7NO2/c1-12-9-4-2-3-7(5-10)8(9)6-11/h2-4,6H,1H3. The number of hydrogen-bond acceptors (Lipinski definition) is 3. The molecule has 0 saturated carbocycles. The van der Waals surface area contributed by atoms with Gasteiger partial charge in [-0.3, -0.25) is 4.79 Å². The van der Waals surface area contributed by atoms with Crippen LogP contribution in [0.25, 0.3) is 0 Å². The van der Waals surface area contributed by atoms with E-state index in [1.54, 1.807) is 18.2 Å². The fraction of sp³-hybridized carbons (Fsp3) is 0.111.